The predicted octanol–water partition coefficient (Wildman–Crippen LogP) is 2.79. The summed E-state index contributed by atoms with van der Waals surface area (Å²) in [6.07, 6.45) is 3.62. The van der Waals surface area contributed by atoms with Crippen LogP contribution in [0.25, 0.3) is 16.8 Å². The first-order chi connectivity index (χ1) is 11.3. The molecule has 0 atom stereocenters. The van der Waals surface area contributed by atoms with Gasteiger partial charge in [-0.2, -0.15) is 5.10 Å². The molecular formula is C18H14N2O3. The maximum atomic E-state index is 12.1. The minimum absolute atomic E-state index is 0.105. The molecular weight excluding hydrogens is 292 g/mol. The third kappa shape index (κ3) is 3.35. The SMILES string of the molecule is O=C(OC/C=C/c1ccccc1)c1n[nH]c(=O)c2ccccc12. The van der Waals surface area contributed by atoms with Crippen molar-refractivity contribution < 1.29 is 9.53 Å². The van der Waals surface area contributed by atoms with E-state index in [0.717, 1.165) is 5.56 Å². The Morgan fingerprint density at radius 3 is 2.52 bits per heavy atom. The van der Waals surface area contributed by atoms with Crippen LogP contribution in [0.5, 0.6) is 0 Å². The summed E-state index contributed by atoms with van der Waals surface area (Å²) in [6.45, 7) is 0.128. The fraction of sp³-hybridized carbons (Fsp3) is 0.0556. The van der Waals surface area contributed by atoms with Crippen molar-refractivity contribution in [3.05, 3.63) is 82.3 Å². The monoisotopic (exact) mass is 306 g/mol. The number of benzene rings is 2. The second-order valence-corrected chi connectivity index (χ2v) is 4.86. The summed E-state index contributed by atoms with van der Waals surface area (Å²) in [5.74, 6) is -0.574. The molecule has 1 aromatic heterocycles. The lowest BCUT2D eigenvalue weighted by Crippen LogP contribution is -2.16. The number of aromatic nitrogens is 2. The number of esters is 1. The average Bonchev–Trinajstić information content (AvgIpc) is 2.60. The highest BCUT2D eigenvalue weighted by molar-refractivity contribution is 6.02. The maximum absolute atomic E-state index is 12.1. The Hall–Kier alpha value is -3.21. The lowest BCUT2D eigenvalue weighted by atomic mass is 10.1. The predicted molar refractivity (Wildman–Crippen MR) is 88.1 cm³/mol. The molecule has 5 nitrogen and oxygen atoms in total. The molecule has 1 N–H and O–H groups in total. The van der Waals surface area contributed by atoms with Crippen LogP contribution in [0, 0.1) is 0 Å². The summed E-state index contributed by atoms with van der Waals surface area (Å²) >= 11 is 0. The standard InChI is InChI=1S/C18H14N2O3/c21-17-15-11-5-4-10-14(15)16(19-20-17)18(22)23-12-6-9-13-7-2-1-3-8-13/h1-11H,12H2,(H,20,21)/b9-6+. The van der Waals surface area contributed by atoms with Gasteiger partial charge in [0.05, 0.1) is 5.39 Å². The Bertz CT molecular complexity index is 914. The van der Waals surface area contributed by atoms with Crippen molar-refractivity contribution in [3.63, 3.8) is 0 Å². The third-order valence-corrected chi connectivity index (χ3v) is 3.31. The molecule has 2 aromatic carbocycles. The van der Waals surface area contributed by atoms with E-state index in [1.165, 1.54) is 0 Å². The van der Waals surface area contributed by atoms with Crippen molar-refractivity contribution in [1.29, 1.82) is 0 Å². The van der Waals surface area contributed by atoms with Crippen LogP contribution in [0.4, 0.5) is 0 Å². The zero-order valence-electron chi connectivity index (χ0n) is 12.2. The van der Waals surface area contributed by atoms with Gasteiger partial charge in [-0.25, -0.2) is 9.89 Å². The number of nitrogens with one attached hydrogen (secondary N) is 1. The Balaban J connectivity index is 1.73. The summed E-state index contributed by atoms with van der Waals surface area (Å²) in [5.41, 5.74) is 0.797. The fourth-order valence-corrected chi connectivity index (χ4v) is 2.21. The van der Waals surface area contributed by atoms with Crippen molar-refractivity contribution >= 4 is 22.8 Å². The van der Waals surface area contributed by atoms with Gasteiger partial charge in [-0.15, -0.1) is 0 Å². The molecule has 3 aromatic rings. The van der Waals surface area contributed by atoms with E-state index in [2.05, 4.69) is 10.2 Å². The summed E-state index contributed by atoms with van der Waals surface area (Å²) in [5, 5.41) is 7.01. The molecule has 23 heavy (non-hydrogen) atoms. The largest absolute Gasteiger partial charge is 0.457 e. The number of rotatable bonds is 4. The number of nitrogens with zero attached hydrogens (tertiary/aromatic N) is 1. The van der Waals surface area contributed by atoms with Crippen molar-refractivity contribution in [2.75, 3.05) is 6.61 Å². The number of carbonyl (C=O) groups excluding carboxylic acids is 1. The van der Waals surface area contributed by atoms with Crippen LogP contribution in [0.3, 0.4) is 0 Å². The number of carbonyl (C=O) groups is 1. The minimum atomic E-state index is -0.574. The Morgan fingerprint density at radius 2 is 1.74 bits per heavy atom. The summed E-state index contributed by atoms with van der Waals surface area (Å²) in [4.78, 5) is 23.8. The highest BCUT2D eigenvalue weighted by atomic mass is 16.5. The van der Waals surface area contributed by atoms with Crippen LogP contribution in [0.15, 0.2) is 65.5 Å². The lowest BCUT2D eigenvalue weighted by Gasteiger charge is -2.04. The van der Waals surface area contributed by atoms with Gasteiger partial charge in [0, 0.05) is 5.39 Å². The number of ether oxygens (including phenoxy) is 1. The van der Waals surface area contributed by atoms with E-state index in [0.29, 0.717) is 10.8 Å². The van der Waals surface area contributed by atoms with E-state index >= 15 is 0 Å². The second-order valence-electron chi connectivity index (χ2n) is 4.86. The van der Waals surface area contributed by atoms with Crippen LogP contribution in [-0.2, 0) is 4.74 Å². The van der Waals surface area contributed by atoms with Crippen LogP contribution in [0.2, 0.25) is 0 Å². The van der Waals surface area contributed by atoms with Crippen LogP contribution >= 0.6 is 0 Å². The third-order valence-electron chi connectivity index (χ3n) is 3.31. The summed E-state index contributed by atoms with van der Waals surface area (Å²) in [7, 11) is 0. The normalized spacial score (nSPS) is 11.0. The topological polar surface area (TPSA) is 72.0 Å². The quantitative estimate of drug-likeness (QED) is 0.752. The molecule has 0 saturated carbocycles. The zero-order valence-corrected chi connectivity index (χ0v) is 12.2. The highest BCUT2D eigenvalue weighted by Gasteiger charge is 2.14. The first kappa shape index (κ1) is 14.7. The van der Waals surface area contributed by atoms with Crippen LogP contribution in [0.1, 0.15) is 16.1 Å². The molecule has 0 bridgehead atoms. The van der Waals surface area contributed by atoms with E-state index in [1.807, 2.05) is 36.4 Å². The molecule has 0 amide bonds. The van der Waals surface area contributed by atoms with Gasteiger partial charge in [-0.05, 0) is 17.7 Å². The van der Waals surface area contributed by atoms with Gasteiger partial charge in [0.2, 0.25) is 0 Å². The molecule has 3 rings (SSSR count). The molecule has 0 unspecified atom stereocenters. The Morgan fingerprint density at radius 1 is 1.04 bits per heavy atom. The van der Waals surface area contributed by atoms with Gasteiger partial charge in [0.1, 0.15) is 6.61 Å². The smallest absolute Gasteiger partial charge is 0.359 e. The molecule has 0 aliphatic rings. The van der Waals surface area contributed by atoms with Gasteiger partial charge < -0.3 is 4.74 Å². The highest BCUT2D eigenvalue weighted by Crippen LogP contribution is 2.13. The van der Waals surface area contributed by atoms with Gasteiger partial charge in [-0.1, -0.05) is 54.6 Å². The van der Waals surface area contributed by atoms with Crippen molar-refractivity contribution in [2.45, 2.75) is 0 Å². The van der Waals surface area contributed by atoms with Gasteiger partial charge in [0.15, 0.2) is 5.69 Å². The zero-order chi connectivity index (χ0) is 16.1. The Kier molecular flexibility index (Phi) is 4.29. The minimum Gasteiger partial charge on any atom is -0.457 e. The van der Waals surface area contributed by atoms with E-state index < -0.39 is 5.97 Å². The van der Waals surface area contributed by atoms with Crippen molar-refractivity contribution in [1.82, 2.24) is 10.2 Å². The molecule has 0 spiro atoms. The molecule has 5 heteroatoms. The van der Waals surface area contributed by atoms with Gasteiger partial charge >= 0.3 is 5.97 Å². The molecule has 0 aliphatic carbocycles. The molecule has 0 aliphatic heterocycles. The maximum Gasteiger partial charge on any atom is 0.359 e. The summed E-state index contributed by atoms with van der Waals surface area (Å²) in [6, 6.07) is 16.5. The molecule has 0 fully saturated rings. The van der Waals surface area contributed by atoms with Crippen molar-refractivity contribution in [3.8, 4) is 0 Å². The number of H-pyrrole nitrogens is 1. The number of fused-ring (bicyclic) bond motifs is 1. The lowest BCUT2D eigenvalue weighted by molar-refractivity contribution is 0.0544. The number of hydrogen-bond acceptors (Lipinski definition) is 4. The Labute approximate surface area is 132 Å². The van der Waals surface area contributed by atoms with Crippen molar-refractivity contribution in [2.24, 2.45) is 0 Å². The van der Waals surface area contributed by atoms with E-state index in [-0.39, 0.29) is 17.9 Å². The fourth-order valence-electron chi connectivity index (χ4n) is 2.21. The van der Waals surface area contributed by atoms with Gasteiger partial charge in [-0.3, -0.25) is 4.79 Å². The second kappa shape index (κ2) is 6.70. The first-order valence-electron chi connectivity index (χ1n) is 7.12. The van der Waals surface area contributed by atoms with Crippen LogP contribution in [-0.4, -0.2) is 22.8 Å². The van der Waals surface area contributed by atoms with E-state index in [9.17, 15) is 9.59 Å². The number of aromatic amines is 1. The van der Waals surface area contributed by atoms with E-state index in [4.69, 9.17) is 4.74 Å². The summed E-state index contributed by atoms with van der Waals surface area (Å²) < 4.78 is 5.19. The molecule has 1 heterocycles. The van der Waals surface area contributed by atoms with Gasteiger partial charge in [0.25, 0.3) is 5.56 Å². The first-order valence-corrected chi connectivity index (χ1v) is 7.12. The average molecular weight is 306 g/mol. The number of hydrogen-bond donors (Lipinski definition) is 1. The molecule has 0 radical (unpaired) electrons. The van der Waals surface area contributed by atoms with Crippen LogP contribution < -0.4 is 5.56 Å². The van der Waals surface area contributed by atoms with E-state index in [1.54, 1.807) is 30.3 Å². The molecule has 114 valence electrons. The molecule has 0 saturated heterocycles.